The number of guanidine groups is 1. The zero-order valence-corrected chi connectivity index (χ0v) is 44.9. The number of likely N-dealkylation sites (tertiary alicyclic amines) is 1. The van der Waals surface area contributed by atoms with Gasteiger partial charge in [-0.15, -0.1) is 0 Å². The summed E-state index contributed by atoms with van der Waals surface area (Å²) in [5.74, 6) is -7.67. The van der Waals surface area contributed by atoms with E-state index in [1.807, 2.05) is 0 Å². The van der Waals surface area contributed by atoms with Gasteiger partial charge in [-0.1, -0.05) is 6.08 Å². The van der Waals surface area contributed by atoms with E-state index < -0.39 is 115 Å². The minimum Gasteiger partial charge on any atom is -0.391 e. The number of nitrogens with one attached hydrogen (secondary N) is 10. The Labute approximate surface area is 459 Å². The second-order valence-corrected chi connectivity index (χ2v) is 18.7. The zero-order valence-electron chi connectivity index (χ0n) is 44.9. The van der Waals surface area contributed by atoms with Crippen LogP contribution in [0.15, 0.2) is 29.3 Å². The highest BCUT2D eigenvalue weighted by atomic mass is 16.3. The van der Waals surface area contributed by atoms with Gasteiger partial charge in [0.15, 0.2) is 5.96 Å². The van der Waals surface area contributed by atoms with E-state index in [9.17, 15) is 53.4 Å². The maximum absolute atomic E-state index is 14.4. The number of aromatic nitrogens is 2. The number of aliphatic hydroxyl groups is 2. The predicted molar refractivity (Wildman–Crippen MR) is 291 cm³/mol. The Morgan fingerprint density at radius 1 is 0.759 bits per heavy atom. The SMILES string of the molecule is N=C(N)NCC/C=C(\NC(=O)[C@@H](CCCCN)NC(=O)[C@H](Cc1cnc[nH]1)NC(=O)[C@@H]1CCCN1C(=O)/C(CCCN)=N/C(=O)CNC(=O)[C@@H](NC(=O)C[C@@H](O)CN)[C@@H](O)CN)C(=O)N[C@@H](CCCCN)C(=O)NCCCCN. The molecule has 1 saturated heterocycles. The Morgan fingerprint density at radius 3 is 2.03 bits per heavy atom. The molecule has 1 fully saturated rings. The molecule has 31 heteroatoms. The number of H-pyrrole nitrogens is 1. The fourth-order valence-corrected chi connectivity index (χ4v) is 7.97. The van der Waals surface area contributed by atoms with Crippen LogP contribution in [0.3, 0.4) is 0 Å². The highest BCUT2D eigenvalue weighted by Crippen LogP contribution is 2.20. The smallest absolute Gasteiger partial charge is 0.269 e. The lowest BCUT2D eigenvalue weighted by Crippen LogP contribution is -2.57. The van der Waals surface area contributed by atoms with Crippen molar-refractivity contribution < 1.29 is 53.4 Å². The minimum absolute atomic E-state index is 0.0263. The van der Waals surface area contributed by atoms with Gasteiger partial charge in [0.25, 0.3) is 17.7 Å². The Hall–Kier alpha value is -7.00. The summed E-state index contributed by atoms with van der Waals surface area (Å²) < 4.78 is 0. The van der Waals surface area contributed by atoms with Gasteiger partial charge in [0.2, 0.25) is 35.4 Å². The third kappa shape index (κ3) is 26.0. The van der Waals surface area contributed by atoms with Crippen LogP contribution in [0.1, 0.15) is 95.6 Å². The van der Waals surface area contributed by atoms with Crippen LogP contribution in [0.4, 0.5) is 0 Å². The van der Waals surface area contributed by atoms with Crippen molar-refractivity contribution in [2.75, 3.05) is 65.4 Å². The van der Waals surface area contributed by atoms with E-state index >= 15 is 0 Å². The summed E-state index contributed by atoms with van der Waals surface area (Å²) in [7, 11) is 0. The van der Waals surface area contributed by atoms with Crippen LogP contribution in [-0.2, 0) is 49.6 Å². The number of rotatable bonds is 39. The van der Waals surface area contributed by atoms with Crippen molar-refractivity contribution in [2.45, 2.75) is 139 Å². The number of carbonyl (C=O) groups excluding carboxylic acids is 9. The summed E-state index contributed by atoms with van der Waals surface area (Å²) in [6, 6.07) is -6.53. The standard InChI is InChI=1S/C48H86N20O11/c49-15-3-1-10-31(41(73)58-19-6-5-17-51)63-43(75)33(13-8-20-59-48(55)56)64-42(74)32(11-2-4-16-50)65-44(76)35(22-29-26-57-28-61-29)66-45(77)36-14-9-21-68(36)47(79)34(12-7-18-52)62-39(72)27-60-46(78)40(37(70)25-54)67-38(71)23-30(69)24-53/h13,26,28,30-32,35-37,40,69-70H,1-12,14-25,27,49-54H2,(H,57,61)(H,58,73)(H,60,78)(H,63,75)(H,64,74)(H,65,76)(H,66,77)(H,67,71)(H4,55,56,59)/b33-13-,62-34+/t30-,31+,32-,35+,36+,37+,40+/m1/s1. The summed E-state index contributed by atoms with van der Waals surface area (Å²) in [5.41, 5.74) is 39.0. The van der Waals surface area contributed by atoms with Crippen LogP contribution in [0.25, 0.3) is 0 Å². The first-order valence-electron chi connectivity index (χ1n) is 26.6. The normalized spacial score (nSPS) is 15.8. The first-order valence-corrected chi connectivity index (χ1v) is 26.6. The molecule has 0 unspecified atom stereocenters. The lowest BCUT2D eigenvalue weighted by atomic mass is 10.1. The summed E-state index contributed by atoms with van der Waals surface area (Å²) in [4.78, 5) is 135. The second-order valence-electron chi connectivity index (χ2n) is 18.7. The molecule has 0 radical (unpaired) electrons. The van der Waals surface area contributed by atoms with E-state index in [0.29, 0.717) is 70.3 Å². The topological polar surface area (TPSA) is 541 Å². The van der Waals surface area contributed by atoms with Crippen molar-refractivity contribution in [2.24, 2.45) is 45.1 Å². The van der Waals surface area contributed by atoms with Crippen LogP contribution < -0.4 is 82.7 Å². The van der Waals surface area contributed by atoms with Gasteiger partial charge in [0, 0.05) is 51.0 Å². The molecule has 7 atom stereocenters. The van der Waals surface area contributed by atoms with Gasteiger partial charge >= 0.3 is 0 Å². The van der Waals surface area contributed by atoms with Crippen LogP contribution in [0.2, 0.25) is 0 Å². The zero-order chi connectivity index (χ0) is 58.7. The second kappa shape index (κ2) is 38.5. The number of nitrogens with two attached hydrogens (primary N) is 7. The largest absolute Gasteiger partial charge is 0.391 e. The number of aromatic amines is 1. The predicted octanol–water partition coefficient (Wildman–Crippen LogP) is -7.28. The molecule has 2 heterocycles. The van der Waals surface area contributed by atoms with Crippen molar-refractivity contribution in [1.82, 2.24) is 57.4 Å². The third-order valence-corrected chi connectivity index (χ3v) is 12.3. The van der Waals surface area contributed by atoms with Crippen molar-refractivity contribution in [1.29, 1.82) is 5.41 Å². The van der Waals surface area contributed by atoms with E-state index in [2.05, 4.69) is 57.5 Å². The van der Waals surface area contributed by atoms with Gasteiger partial charge in [-0.05, 0) is 110 Å². The van der Waals surface area contributed by atoms with Gasteiger partial charge in [-0.3, -0.25) is 48.6 Å². The molecule has 0 spiro atoms. The van der Waals surface area contributed by atoms with E-state index in [1.165, 1.54) is 23.5 Å². The summed E-state index contributed by atoms with van der Waals surface area (Å²) in [5, 5.41) is 48.3. The molecule has 0 saturated carbocycles. The fraction of sp³-hybridized carbons (Fsp3) is 0.667. The van der Waals surface area contributed by atoms with E-state index in [4.69, 9.17) is 45.5 Å². The van der Waals surface area contributed by atoms with Crippen LogP contribution in [0, 0.1) is 5.41 Å². The molecule has 1 aliphatic heterocycles. The molecule has 2 rings (SSSR count). The monoisotopic (exact) mass is 1120 g/mol. The summed E-state index contributed by atoms with van der Waals surface area (Å²) in [6.07, 6.45) is 4.73. The molecule has 1 aromatic rings. The highest BCUT2D eigenvalue weighted by molar-refractivity contribution is 6.40. The quantitative estimate of drug-likeness (QED) is 0.0126. The Kier molecular flexibility index (Phi) is 33.2. The van der Waals surface area contributed by atoms with Gasteiger partial charge < -0.3 is 103 Å². The molecule has 0 aromatic carbocycles. The molecule has 1 aromatic heterocycles. The number of hydrogen-bond donors (Lipinski definition) is 19. The average molecular weight is 1120 g/mol. The van der Waals surface area contributed by atoms with Crippen molar-refractivity contribution >= 4 is 64.8 Å². The molecular formula is C48H86N20O11. The number of unbranched alkanes of at least 4 members (excludes halogenated alkanes) is 3. The number of nitrogens with zero attached hydrogens (tertiary/aromatic N) is 3. The van der Waals surface area contributed by atoms with Gasteiger partial charge in [-0.25, -0.2) is 9.98 Å². The average Bonchev–Trinajstić information content (AvgIpc) is 4.17. The number of aliphatic hydroxyl groups excluding tert-OH is 2. The highest BCUT2D eigenvalue weighted by Gasteiger charge is 2.39. The Balaban J connectivity index is 2.42. The Bertz CT molecular complexity index is 2180. The summed E-state index contributed by atoms with van der Waals surface area (Å²) in [6.45, 7) is 0.0827. The number of hydrogen-bond acceptors (Lipinski definition) is 19. The van der Waals surface area contributed by atoms with Gasteiger partial charge in [-0.2, -0.15) is 0 Å². The first kappa shape index (κ1) is 68.1. The molecule has 0 aliphatic carbocycles. The number of amides is 9. The van der Waals surface area contributed by atoms with Crippen LogP contribution in [0.5, 0.6) is 0 Å². The molecule has 9 amide bonds. The van der Waals surface area contributed by atoms with Crippen molar-refractivity contribution in [3.05, 3.63) is 30.0 Å². The lowest BCUT2D eigenvalue weighted by molar-refractivity contribution is -0.136. The number of imidazole rings is 1. The van der Waals surface area contributed by atoms with Gasteiger partial charge in [0.1, 0.15) is 41.6 Å². The van der Waals surface area contributed by atoms with Gasteiger partial charge in [0.05, 0.1) is 31.5 Å². The molecule has 1 aliphatic rings. The van der Waals surface area contributed by atoms with Crippen LogP contribution >= 0.6 is 0 Å². The molecule has 444 valence electrons. The lowest BCUT2D eigenvalue weighted by Gasteiger charge is -2.28. The van der Waals surface area contributed by atoms with Crippen molar-refractivity contribution in [3.8, 4) is 0 Å². The fourth-order valence-electron chi connectivity index (χ4n) is 7.97. The van der Waals surface area contributed by atoms with Crippen molar-refractivity contribution in [3.63, 3.8) is 0 Å². The van der Waals surface area contributed by atoms with E-state index in [-0.39, 0.29) is 95.0 Å². The minimum atomic E-state index is -1.63. The molecule has 31 nitrogen and oxygen atoms in total. The molecule has 79 heavy (non-hydrogen) atoms. The van der Waals surface area contributed by atoms with E-state index in [1.54, 1.807) is 0 Å². The van der Waals surface area contributed by atoms with E-state index in [0.717, 1.165) is 0 Å². The molecule has 26 N–H and O–H groups in total. The number of aliphatic imine (C=N–C) groups is 1. The Morgan fingerprint density at radius 2 is 1.42 bits per heavy atom. The summed E-state index contributed by atoms with van der Waals surface area (Å²) >= 11 is 0. The molecule has 0 bridgehead atoms. The molecular weight excluding hydrogens is 1030 g/mol. The third-order valence-electron chi connectivity index (χ3n) is 12.3. The number of carbonyl (C=O) groups is 9. The maximum atomic E-state index is 14.4. The maximum Gasteiger partial charge on any atom is 0.269 e. The van der Waals surface area contributed by atoms with Crippen LogP contribution in [-0.4, -0.2) is 198 Å². The first-order chi connectivity index (χ1) is 37.8.